The Hall–Kier alpha value is -0.390. The number of halogens is 2. The van der Waals surface area contributed by atoms with Crippen LogP contribution in [-0.4, -0.2) is 5.88 Å². The van der Waals surface area contributed by atoms with Crippen LogP contribution < -0.4 is 5.30 Å². The van der Waals surface area contributed by atoms with Gasteiger partial charge in [-0.1, -0.05) is 18.2 Å². The molecule has 0 saturated heterocycles. The number of hydrogen-bond donors (Lipinski definition) is 0. The summed E-state index contributed by atoms with van der Waals surface area (Å²) < 4.78 is 12.7. The van der Waals surface area contributed by atoms with Crippen LogP contribution in [0.4, 0.5) is 4.39 Å². The van der Waals surface area contributed by atoms with E-state index in [0.29, 0.717) is 11.2 Å². The summed E-state index contributed by atoms with van der Waals surface area (Å²) in [6, 6.07) is 4.91. The topological polar surface area (TPSA) is 0 Å². The summed E-state index contributed by atoms with van der Waals surface area (Å²) >= 11 is 5.46. The molecule has 1 rings (SSSR count). The van der Waals surface area contributed by atoms with Crippen LogP contribution in [0.3, 0.4) is 0 Å². The van der Waals surface area contributed by atoms with Crippen molar-refractivity contribution in [1.29, 1.82) is 0 Å². The van der Waals surface area contributed by atoms with E-state index < -0.39 is 0 Å². The third-order valence-electron chi connectivity index (χ3n) is 1.42. The predicted molar refractivity (Wildman–Crippen MR) is 55.5 cm³/mol. The standard InChI is InChI=1S/C9H9ClFP/c10-5-1-2-7-3-4-8(11)9(12)6-7/h1-4,6H,5,12H2/b2-1+. The van der Waals surface area contributed by atoms with Crippen molar-refractivity contribution in [3.05, 3.63) is 35.7 Å². The van der Waals surface area contributed by atoms with Gasteiger partial charge < -0.3 is 0 Å². The van der Waals surface area contributed by atoms with Gasteiger partial charge in [0.25, 0.3) is 0 Å². The van der Waals surface area contributed by atoms with Crippen LogP contribution in [0.5, 0.6) is 0 Å². The molecule has 0 nitrogen and oxygen atoms in total. The molecule has 0 fully saturated rings. The van der Waals surface area contributed by atoms with E-state index in [9.17, 15) is 4.39 Å². The maximum atomic E-state index is 12.7. The minimum absolute atomic E-state index is 0.206. The fraction of sp³-hybridized carbons (Fsp3) is 0.111. The Morgan fingerprint density at radius 2 is 2.25 bits per heavy atom. The number of allylic oxidation sites excluding steroid dienone is 1. The molecule has 0 saturated carbocycles. The third-order valence-corrected chi connectivity index (χ3v) is 2.04. The second-order valence-corrected chi connectivity index (χ2v) is 3.27. The van der Waals surface area contributed by atoms with Gasteiger partial charge in [-0.25, -0.2) is 4.39 Å². The number of rotatable bonds is 2. The molecule has 0 aliphatic carbocycles. The molecule has 12 heavy (non-hydrogen) atoms. The van der Waals surface area contributed by atoms with Crippen molar-refractivity contribution in [3.63, 3.8) is 0 Å². The van der Waals surface area contributed by atoms with E-state index in [1.165, 1.54) is 6.07 Å². The van der Waals surface area contributed by atoms with Gasteiger partial charge in [-0.2, -0.15) is 0 Å². The zero-order chi connectivity index (χ0) is 8.97. The van der Waals surface area contributed by atoms with Crippen LogP contribution in [0.2, 0.25) is 0 Å². The molecule has 1 atom stereocenters. The van der Waals surface area contributed by atoms with Gasteiger partial charge in [0.2, 0.25) is 0 Å². The number of alkyl halides is 1. The highest BCUT2D eigenvalue weighted by Gasteiger charge is 1.95. The van der Waals surface area contributed by atoms with Crippen LogP contribution >= 0.6 is 20.8 Å². The molecule has 0 N–H and O–H groups in total. The Kier molecular flexibility index (Phi) is 3.71. The molecule has 0 aromatic heterocycles. The summed E-state index contributed by atoms with van der Waals surface area (Å²) in [6.07, 6.45) is 3.68. The smallest absolute Gasteiger partial charge is 0.130 e. The summed E-state index contributed by atoms with van der Waals surface area (Å²) in [7, 11) is 2.34. The predicted octanol–water partition coefficient (Wildman–Crippen LogP) is 2.58. The third kappa shape index (κ3) is 2.58. The van der Waals surface area contributed by atoms with Gasteiger partial charge in [-0.3, -0.25) is 0 Å². The van der Waals surface area contributed by atoms with Crippen molar-refractivity contribution in [3.8, 4) is 0 Å². The Labute approximate surface area is 78.6 Å². The Bertz CT molecular complexity index is 297. The average Bonchev–Trinajstić information content (AvgIpc) is 2.07. The molecular formula is C9H9ClFP. The molecule has 1 unspecified atom stereocenters. The molecule has 1 aromatic carbocycles. The highest BCUT2D eigenvalue weighted by atomic mass is 35.5. The van der Waals surface area contributed by atoms with E-state index in [4.69, 9.17) is 11.6 Å². The molecule has 1 aromatic rings. The Morgan fingerprint density at radius 3 is 2.83 bits per heavy atom. The van der Waals surface area contributed by atoms with E-state index in [1.54, 1.807) is 12.1 Å². The lowest BCUT2D eigenvalue weighted by molar-refractivity contribution is 0.636. The van der Waals surface area contributed by atoms with Crippen molar-refractivity contribution in [1.82, 2.24) is 0 Å². The highest BCUT2D eigenvalue weighted by Crippen LogP contribution is 2.05. The van der Waals surface area contributed by atoms with Gasteiger partial charge in [-0.15, -0.1) is 20.8 Å². The van der Waals surface area contributed by atoms with Gasteiger partial charge >= 0.3 is 0 Å². The lowest BCUT2D eigenvalue weighted by Gasteiger charge is -1.96. The second-order valence-electron chi connectivity index (χ2n) is 2.34. The first-order valence-electron chi connectivity index (χ1n) is 3.51. The largest absolute Gasteiger partial charge is 0.206 e. The van der Waals surface area contributed by atoms with Crippen LogP contribution in [0.25, 0.3) is 6.08 Å². The van der Waals surface area contributed by atoms with Crippen molar-refractivity contribution < 1.29 is 4.39 Å². The first-order valence-corrected chi connectivity index (χ1v) is 4.63. The van der Waals surface area contributed by atoms with Crippen molar-refractivity contribution >= 4 is 32.2 Å². The SMILES string of the molecule is Fc1ccc(/C=C/CCl)cc1P. The summed E-state index contributed by atoms with van der Waals surface area (Å²) in [5.41, 5.74) is 0.960. The van der Waals surface area contributed by atoms with Gasteiger partial charge in [-0.05, 0) is 17.7 Å². The van der Waals surface area contributed by atoms with Gasteiger partial charge in [0.05, 0.1) is 0 Å². The van der Waals surface area contributed by atoms with E-state index >= 15 is 0 Å². The van der Waals surface area contributed by atoms with Gasteiger partial charge in [0.1, 0.15) is 5.82 Å². The molecule has 3 heteroatoms. The highest BCUT2D eigenvalue weighted by molar-refractivity contribution is 7.27. The zero-order valence-electron chi connectivity index (χ0n) is 6.43. The van der Waals surface area contributed by atoms with Crippen molar-refractivity contribution in [2.75, 3.05) is 5.88 Å². The average molecular weight is 203 g/mol. The summed E-state index contributed by atoms with van der Waals surface area (Å²) in [6.45, 7) is 0. The molecule has 0 aliphatic rings. The fourth-order valence-electron chi connectivity index (χ4n) is 0.847. The molecule has 0 heterocycles. The maximum Gasteiger partial charge on any atom is 0.130 e. The number of benzene rings is 1. The fourth-order valence-corrected chi connectivity index (χ4v) is 1.22. The quantitative estimate of drug-likeness (QED) is 0.511. The van der Waals surface area contributed by atoms with E-state index in [1.807, 2.05) is 12.2 Å². The second kappa shape index (κ2) is 4.59. The normalized spacial score (nSPS) is 10.9. The lowest BCUT2D eigenvalue weighted by Crippen LogP contribution is -1.97. The maximum absolute atomic E-state index is 12.7. The Balaban J connectivity index is 2.89. The summed E-state index contributed by atoms with van der Waals surface area (Å²) in [5, 5.41) is 0.576. The van der Waals surface area contributed by atoms with Crippen LogP contribution in [0.15, 0.2) is 24.3 Å². The molecule has 0 spiro atoms. The first kappa shape index (κ1) is 9.70. The lowest BCUT2D eigenvalue weighted by atomic mass is 10.2. The summed E-state index contributed by atoms with van der Waals surface area (Å²) in [4.78, 5) is 0. The summed E-state index contributed by atoms with van der Waals surface area (Å²) in [5.74, 6) is 0.270. The van der Waals surface area contributed by atoms with Gasteiger partial charge in [0.15, 0.2) is 0 Å². The molecular weight excluding hydrogens is 194 g/mol. The molecule has 0 bridgehead atoms. The Morgan fingerprint density at radius 1 is 1.50 bits per heavy atom. The monoisotopic (exact) mass is 202 g/mol. The molecule has 64 valence electrons. The minimum Gasteiger partial charge on any atom is -0.206 e. The van der Waals surface area contributed by atoms with Gasteiger partial charge in [0, 0.05) is 11.2 Å². The molecule has 0 amide bonds. The van der Waals surface area contributed by atoms with E-state index in [0.717, 1.165) is 5.56 Å². The van der Waals surface area contributed by atoms with Crippen molar-refractivity contribution in [2.45, 2.75) is 0 Å². The van der Waals surface area contributed by atoms with Crippen molar-refractivity contribution in [2.24, 2.45) is 0 Å². The van der Waals surface area contributed by atoms with Crippen LogP contribution in [0.1, 0.15) is 5.56 Å². The minimum atomic E-state index is -0.206. The van der Waals surface area contributed by atoms with E-state index in [2.05, 4.69) is 9.24 Å². The van der Waals surface area contributed by atoms with Crippen LogP contribution in [0, 0.1) is 5.82 Å². The number of hydrogen-bond acceptors (Lipinski definition) is 0. The van der Waals surface area contributed by atoms with Crippen LogP contribution in [-0.2, 0) is 0 Å². The molecule has 0 aliphatic heterocycles. The van der Waals surface area contributed by atoms with E-state index in [-0.39, 0.29) is 5.82 Å². The molecule has 0 radical (unpaired) electrons. The zero-order valence-corrected chi connectivity index (χ0v) is 8.34. The first-order chi connectivity index (χ1) is 5.74.